The van der Waals surface area contributed by atoms with Crippen LogP contribution in [0.5, 0.6) is 5.75 Å². The van der Waals surface area contributed by atoms with Gasteiger partial charge in [-0.15, -0.1) is 0 Å². The number of furan rings is 1. The van der Waals surface area contributed by atoms with Crippen LogP contribution in [-0.4, -0.2) is 22.9 Å². The van der Waals surface area contributed by atoms with Crippen molar-refractivity contribution in [2.45, 2.75) is 0 Å². The number of amides is 1. The lowest BCUT2D eigenvalue weighted by Gasteiger charge is -2.09. The van der Waals surface area contributed by atoms with Crippen molar-refractivity contribution in [1.82, 2.24) is 9.38 Å². The summed E-state index contributed by atoms with van der Waals surface area (Å²) in [6.45, 7) is 0. The standard InChI is InChI=1S/C19H15N3O3/c1-24-16-4-2-3-13(7-16)18-9-20-19-17(21-12-23)8-15(10-22(18)19)14-5-6-25-11-14/h2-12H,1H3,(H,21,23). The Labute approximate surface area is 143 Å². The van der Waals surface area contributed by atoms with Crippen molar-refractivity contribution in [1.29, 1.82) is 0 Å². The highest BCUT2D eigenvalue weighted by Crippen LogP contribution is 2.31. The largest absolute Gasteiger partial charge is 0.497 e. The predicted octanol–water partition coefficient (Wildman–Crippen LogP) is 3.84. The number of benzene rings is 1. The van der Waals surface area contributed by atoms with Crippen molar-refractivity contribution < 1.29 is 13.9 Å². The van der Waals surface area contributed by atoms with E-state index in [0.29, 0.717) is 17.7 Å². The maximum atomic E-state index is 11.0. The van der Waals surface area contributed by atoms with Crippen molar-refractivity contribution in [3.05, 3.63) is 61.3 Å². The third-order valence-corrected chi connectivity index (χ3v) is 4.04. The van der Waals surface area contributed by atoms with Crippen LogP contribution < -0.4 is 10.1 Å². The average molecular weight is 333 g/mol. The van der Waals surface area contributed by atoms with Crippen molar-refractivity contribution in [3.8, 4) is 28.1 Å². The van der Waals surface area contributed by atoms with Crippen LogP contribution in [0.3, 0.4) is 0 Å². The second-order valence-corrected chi connectivity index (χ2v) is 5.49. The fraction of sp³-hybridized carbons (Fsp3) is 0.0526. The Morgan fingerprint density at radius 2 is 2.12 bits per heavy atom. The lowest BCUT2D eigenvalue weighted by Crippen LogP contribution is -1.99. The van der Waals surface area contributed by atoms with E-state index < -0.39 is 0 Å². The molecule has 6 nitrogen and oxygen atoms in total. The van der Waals surface area contributed by atoms with Gasteiger partial charge in [-0.3, -0.25) is 9.20 Å². The van der Waals surface area contributed by atoms with Crippen LogP contribution in [-0.2, 0) is 4.79 Å². The molecule has 4 rings (SSSR count). The minimum atomic E-state index is 0.628. The molecule has 3 aromatic heterocycles. The van der Waals surface area contributed by atoms with Gasteiger partial charge in [-0.05, 0) is 24.3 Å². The zero-order chi connectivity index (χ0) is 17.2. The highest BCUT2D eigenvalue weighted by molar-refractivity contribution is 5.85. The number of hydrogen-bond donors (Lipinski definition) is 1. The topological polar surface area (TPSA) is 68.8 Å². The molecule has 0 radical (unpaired) electrons. The first-order chi connectivity index (χ1) is 12.3. The highest BCUT2D eigenvalue weighted by Gasteiger charge is 2.13. The summed E-state index contributed by atoms with van der Waals surface area (Å²) in [4.78, 5) is 15.5. The lowest BCUT2D eigenvalue weighted by molar-refractivity contribution is -0.105. The Hall–Kier alpha value is -3.54. The molecule has 4 aromatic rings. The molecule has 0 bridgehead atoms. The molecule has 0 unspecified atom stereocenters. The molecule has 1 N–H and O–H groups in total. The number of fused-ring (bicyclic) bond motifs is 1. The highest BCUT2D eigenvalue weighted by atomic mass is 16.5. The maximum Gasteiger partial charge on any atom is 0.211 e. The molecule has 124 valence electrons. The zero-order valence-electron chi connectivity index (χ0n) is 13.5. The van der Waals surface area contributed by atoms with Crippen molar-refractivity contribution in [3.63, 3.8) is 0 Å². The summed E-state index contributed by atoms with van der Waals surface area (Å²) in [5.41, 5.74) is 4.98. The molecule has 0 aliphatic rings. The molecule has 0 spiro atoms. The van der Waals surface area contributed by atoms with Crippen LogP contribution >= 0.6 is 0 Å². The van der Waals surface area contributed by atoms with Crippen LogP contribution in [0.4, 0.5) is 5.69 Å². The molecule has 0 saturated heterocycles. The fourth-order valence-corrected chi connectivity index (χ4v) is 2.84. The number of anilines is 1. The Bertz CT molecular complexity index is 1040. The lowest BCUT2D eigenvalue weighted by atomic mass is 10.1. The predicted molar refractivity (Wildman–Crippen MR) is 94.6 cm³/mol. The van der Waals surface area contributed by atoms with Crippen molar-refractivity contribution in [2.24, 2.45) is 0 Å². The van der Waals surface area contributed by atoms with E-state index in [9.17, 15) is 4.79 Å². The number of carbonyl (C=O) groups excluding carboxylic acids is 1. The number of nitrogens with one attached hydrogen (secondary N) is 1. The summed E-state index contributed by atoms with van der Waals surface area (Å²) >= 11 is 0. The number of ether oxygens (including phenoxy) is 1. The summed E-state index contributed by atoms with van der Waals surface area (Å²) < 4.78 is 12.4. The molecule has 0 atom stereocenters. The van der Waals surface area contributed by atoms with E-state index in [1.807, 2.05) is 47.0 Å². The Balaban J connectivity index is 1.95. The van der Waals surface area contributed by atoms with E-state index in [2.05, 4.69) is 10.3 Å². The Morgan fingerprint density at radius 3 is 2.88 bits per heavy atom. The summed E-state index contributed by atoms with van der Waals surface area (Å²) in [6.07, 6.45) is 7.67. The summed E-state index contributed by atoms with van der Waals surface area (Å²) in [6, 6.07) is 11.5. The number of pyridine rings is 1. The number of aromatic nitrogens is 2. The number of methoxy groups -OCH3 is 1. The van der Waals surface area contributed by atoms with Gasteiger partial charge in [-0.2, -0.15) is 0 Å². The molecule has 0 aliphatic heterocycles. The molecular weight excluding hydrogens is 318 g/mol. The molecule has 1 aromatic carbocycles. The first-order valence-corrected chi connectivity index (χ1v) is 7.68. The van der Waals surface area contributed by atoms with Gasteiger partial charge in [0.25, 0.3) is 0 Å². The Morgan fingerprint density at radius 1 is 1.20 bits per heavy atom. The van der Waals surface area contributed by atoms with Gasteiger partial charge < -0.3 is 14.5 Å². The van der Waals surface area contributed by atoms with Gasteiger partial charge in [0.2, 0.25) is 6.41 Å². The number of imidazole rings is 1. The molecular formula is C19H15N3O3. The van der Waals surface area contributed by atoms with Crippen LogP contribution in [0.1, 0.15) is 0 Å². The van der Waals surface area contributed by atoms with Crippen LogP contribution in [0, 0.1) is 0 Å². The van der Waals surface area contributed by atoms with Crippen LogP contribution in [0.25, 0.3) is 28.0 Å². The maximum absolute atomic E-state index is 11.0. The van der Waals surface area contributed by atoms with Crippen LogP contribution in [0.2, 0.25) is 0 Å². The normalized spacial score (nSPS) is 10.8. The number of carbonyl (C=O) groups is 1. The summed E-state index contributed by atoms with van der Waals surface area (Å²) in [5.74, 6) is 0.768. The SMILES string of the molecule is COc1cccc(-c2cnc3c(NC=O)cc(-c4ccoc4)cn23)c1. The van der Waals surface area contributed by atoms with Crippen molar-refractivity contribution >= 4 is 17.7 Å². The smallest absolute Gasteiger partial charge is 0.211 e. The van der Waals surface area contributed by atoms with E-state index in [0.717, 1.165) is 28.1 Å². The monoisotopic (exact) mass is 333 g/mol. The average Bonchev–Trinajstić information content (AvgIpc) is 3.32. The quantitative estimate of drug-likeness (QED) is 0.563. The van der Waals surface area contributed by atoms with E-state index in [1.54, 1.807) is 25.8 Å². The fourth-order valence-electron chi connectivity index (χ4n) is 2.84. The number of rotatable bonds is 5. The number of hydrogen-bond acceptors (Lipinski definition) is 4. The first-order valence-electron chi connectivity index (χ1n) is 7.68. The van der Waals surface area contributed by atoms with Crippen molar-refractivity contribution in [2.75, 3.05) is 12.4 Å². The minimum absolute atomic E-state index is 0.628. The molecule has 6 heteroatoms. The van der Waals surface area contributed by atoms with Gasteiger partial charge in [-0.25, -0.2) is 4.98 Å². The van der Waals surface area contributed by atoms with Gasteiger partial charge in [0.05, 0.1) is 37.2 Å². The van der Waals surface area contributed by atoms with Gasteiger partial charge >= 0.3 is 0 Å². The van der Waals surface area contributed by atoms with Gasteiger partial charge in [0.15, 0.2) is 5.65 Å². The molecule has 3 heterocycles. The Kier molecular flexibility index (Phi) is 3.70. The van der Waals surface area contributed by atoms with Crippen LogP contribution in [0.15, 0.2) is 65.7 Å². The van der Waals surface area contributed by atoms with E-state index in [-0.39, 0.29) is 0 Å². The second-order valence-electron chi connectivity index (χ2n) is 5.49. The molecule has 25 heavy (non-hydrogen) atoms. The second kappa shape index (κ2) is 6.16. The van der Waals surface area contributed by atoms with Gasteiger partial charge in [0, 0.05) is 22.9 Å². The van der Waals surface area contributed by atoms with E-state index in [4.69, 9.17) is 9.15 Å². The van der Waals surface area contributed by atoms with Gasteiger partial charge in [-0.1, -0.05) is 12.1 Å². The van der Waals surface area contributed by atoms with E-state index in [1.165, 1.54) is 0 Å². The minimum Gasteiger partial charge on any atom is -0.497 e. The molecule has 0 saturated carbocycles. The molecule has 0 aliphatic carbocycles. The first kappa shape index (κ1) is 15.0. The van der Waals surface area contributed by atoms with E-state index >= 15 is 0 Å². The molecule has 1 amide bonds. The summed E-state index contributed by atoms with van der Waals surface area (Å²) in [5, 5.41) is 2.72. The summed E-state index contributed by atoms with van der Waals surface area (Å²) in [7, 11) is 1.64. The number of nitrogens with zero attached hydrogens (tertiary/aromatic N) is 2. The third kappa shape index (κ3) is 2.63. The third-order valence-electron chi connectivity index (χ3n) is 4.04. The zero-order valence-corrected chi connectivity index (χ0v) is 13.5. The van der Waals surface area contributed by atoms with Gasteiger partial charge in [0.1, 0.15) is 5.75 Å². The molecule has 0 fully saturated rings.